The van der Waals surface area contributed by atoms with E-state index in [2.05, 4.69) is 4.98 Å². The summed E-state index contributed by atoms with van der Waals surface area (Å²) in [6, 6.07) is 9.47. The van der Waals surface area contributed by atoms with Gasteiger partial charge in [-0.15, -0.1) is 0 Å². The van der Waals surface area contributed by atoms with Gasteiger partial charge in [-0.05, 0) is 37.1 Å². The van der Waals surface area contributed by atoms with Crippen molar-refractivity contribution in [1.29, 1.82) is 5.26 Å². The second-order valence-electron chi connectivity index (χ2n) is 5.81. The first-order valence-corrected chi connectivity index (χ1v) is 10.1. The number of nitriles is 1. The average molecular weight is 412 g/mol. The van der Waals surface area contributed by atoms with Crippen LogP contribution >= 0.6 is 23.2 Å². The Morgan fingerprint density at radius 1 is 1.27 bits per heavy atom. The highest BCUT2D eigenvalue weighted by molar-refractivity contribution is 7.89. The first kappa shape index (κ1) is 18.9. The lowest BCUT2D eigenvalue weighted by atomic mass is 10.1. The second-order valence-corrected chi connectivity index (χ2v) is 8.56. The van der Waals surface area contributed by atoms with Gasteiger partial charge in [-0.1, -0.05) is 23.2 Å². The molecule has 0 saturated carbocycles. The van der Waals surface area contributed by atoms with Gasteiger partial charge in [-0.3, -0.25) is 0 Å². The fraction of sp³-hybridized carbons (Fsp3) is 0.294. The molecule has 1 aliphatic rings. The molecule has 1 fully saturated rings. The van der Waals surface area contributed by atoms with Crippen LogP contribution in [0.4, 0.5) is 0 Å². The van der Waals surface area contributed by atoms with Gasteiger partial charge in [0.1, 0.15) is 11.0 Å². The third-order valence-electron chi connectivity index (χ3n) is 4.00. The van der Waals surface area contributed by atoms with Crippen molar-refractivity contribution in [2.24, 2.45) is 0 Å². The zero-order valence-electron chi connectivity index (χ0n) is 13.6. The molecule has 1 saturated heterocycles. The van der Waals surface area contributed by atoms with Crippen molar-refractivity contribution in [3.05, 3.63) is 52.1 Å². The molecule has 1 atom stereocenters. The predicted octanol–water partition coefficient (Wildman–Crippen LogP) is 3.49. The van der Waals surface area contributed by atoms with Gasteiger partial charge in [0.05, 0.1) is 23.2 Å². The summed E-state index contributed by atoms with van der Waals surface area (Å²) in [5.41, 5.74) is 0.431. The van der Waals surface area contributed by atoms with Crippen LogP contribution in [0.3, 0.4) is 0 Å². The number of pyridine rings is 1. The van der Waals surface area contributed by atoms with E-state index in [9.17, 15) is 8.42 Å². The molecule has 1 aliphatic heterocycles. The van der Waals surface area contributed by atoms with Crippen molar-refractivity contribution in [2.45, 2.75) is 23.8 Å². The van der Waals surface area contributed by atoms with E-state index >= 15 is 0 Å². The summed E-state index contributed by atoms with van der Waals surface area (Å²) in [7, 11) is -3.79. The minimum atomic E-state index is -3.79. The Labute approximate surface area is 162 Å². The van der Waals surface area contributed by atoms with Crippen LogP contribution in [-0.4, -0.2) is 36.9 Å². The Bertz CT molecular complexity index is 960. The molecule has 2 aromatic rings. The summed E-state index contributed by atoms with van der Waals surface area (Å²) < 4.78 is 33.0. The van der Waals surface area contributed by atoms with Gasteiger partial charge >= 0.3 is 0 Å². The summed E-state index contributed by atoms with van der Waals surface area (Å²) in [6.45, 7) is 0.542. The van der Waals surface area contributed by atoms with Crippen LogP contribution in [0.5, 0.6) is 5.88 Å². The van der Waals surface area contributed by atoms with E-state index in [1.807, 2.05) is 6.07 Å². The van der Waals surface area contributed by atoms with Crippen molar-refractivity contribution in [3.63, 3.8) is 0 Å². The molecule has 6 nitrogen and oxygen atoms in total. The number of sulfonamides is 1. The van der Waals surface area contributed by atoms with Crippen LogP contribution in [0, 0.1) is 11.3 Å². The fourth-order valence-corrected chi connectivity index (χ4v) is 5.00. The molecule has 1 aromatic carbocycles. The zero-order valence-corrected chi connectivity index (χ0v) is 15.9. The number of aromatic nitrogens is 1. The number of hydrogen-bond acceptors (Lipinski definition) is 5. The minimum Gasteiger partial charge on any atom is -0.473 e. The standard InChI is InChI=1S/C17H15Cl2N3O3S/c18-13-3-4-15(19)16(9-13)26(23,24)22-7-1-2-14(11-22)25-17-8-12(10-20)5-6-21-17/h3-6,8-9,14H,1-2,7,11H2/t14-/m1/s1. The Morgan fingerprint density at radius 2 is 2.08 bits per heavy atom. The zero-order chi connectivity index (χ0) is 18.7. The third kappa shape index (κ3) is 4.10. The molecule has 2 heterocycles. The Balaban J connectivity index is 1.79. The maximum Gasteiger partial charge on any atom is 0.244 e. The second kappa shape index (κ2) is 7.80. The SMILES string of the molecule is N#Cc1ccnc(O[C@@H]2CCCN(S(=O)(=O)c3cc(Cl)ccc3Cl)C2)c1. The van der Waals surface area contributed by atoms with Gasteiger partial charge in [-0.25, -0.2) is 13.4 Å². The van der Waals surface area contributed by atoms with Crippen molar-refractivity contribution in [2.75, 3.05) is 13.1 Å². The molecular weight excluding hydrogens is 397 g/mol. The first-order chi connectivity index (χ1) is 12.4. The van der Waals surface area contributed by atoms with Crippen LogP contribution < -0.4 is 4.74 Å². The van der Waals surface area contributed by atoms with Crippen LogP contribution in [0.2, 0.25) is 10.0 Å². The van der Waals surface area contributed by atoms with Gasteiger partial charge in [-0.2, -0.15) is 9.57 Å². The van der Waals surface area contributed by atoms with Crippen molar-refractivity contribution in [3.8, 4) is 11.9 Å². The van der Waals surface area contributed by atoms with Gasteiger partial charge in [0.2, 0.25) is 15.9 Å². The van der Waals surface area contributed by atoms with Crippen LogP contribution in [0.1, 0.15) is 18.4 Å². The normalized spacial score (nSPS) is 18.3. The van der Waals surface area contributed by atoms with Crippen LogP contribution in [-0.2, 0) is 10.0 Å². The van der Waals surface area contributed by atoms with E-state index in [-0.39, 0.29) is 22.6 Å². The number of ether oxygens (including phenoxy) is 1. The summed E-state index contributed by atoms with van der Waals surface area (Å²) in [5, 5.41) is 9.37. The molecule has 0 radical (unpaired) electrons. The Hall–Kier alpha value is -1.85. The maximum atomic E-state index is 12.9. The molecule has 0 unspecified atom stereocenters. The van der Waals surface area contributed by atoms with Crippen molar-refractivity contribution < 1.29 is 13.2 Å². The number of halogens is 2. The highest BCUT2D eigenvalue weighted by Crippen LogP contribution is 2.30. The number of rotatable bonds is 4. The number of nitrogens with zero attached hydrogens (tertiary/aromatic N) is 3. The molecule has 1 aromatic heterocycles. The van der Waals surface area contributed by atoms with Crippen molar-refractivity contribution in [1.82, 2.24) is 9.29 Å². The quantitative estimate of drug-likeness (QED) is 0.768. The topological polar surface area (TPSA) is 83.3 Å². The van der Waals surface area contributed by atoms with E-state index in [1.165, 1.54) is 28.7 Å². The van der Waals surface area contributed by atoms with Crippen LogP contribution in [0.15, 0.2) is 41.4 Å². The highest BCUT2D eigenvalue weighted by atomic mass is 35.5. The van der Waals surface area contributed by atoms with E-state index < -0.39 is 10.0 Å². The third-order valence-corrected chi connectivity index (χ3v) is 6.59. The number of piperidine rings is 1. The van der Waals surface area contributed by atoms with E-state index in [1.54, 1.807) is 12.1 Å². The maximum absolute atomic E-state index is 12.9. The molecule has 3 rings (SSSR count). The highest BCUT2D eigenvalue weighted by Gasteiger charge is 2.32. The first-order valence-electron chi connectivity index (χ1n) is 7.88. The molecule has 0 aliphatic carbocycles. The molecular formula is C17H15Cl2N3O3S. The largest absolute Gasteiger partial charge is 0.473 e. The summed E-state index contributed by atoms with van der Waals surface area (Å²) >= 11 is 12.0. The molecule has 9 heteroatoms. The fourth-order valence-electron chi connectivity index (χ4n) is 2.75. The molecule has 26 heavy (non-hydrogen) atoms. The molecule has 0 bridgehead atoms. The summed E-state index contributed by atoms with van der Waals surface area (Å²) in [6.07, 6.45) is 2.45. The molecule has 0 N–H and O–H groups in total. The number of hydrogen-bond donors (Lipinski definition) is 0. The summed E-state index contributed by atoms with van der Waals surface area (Å²) in [5.74, 6) is 0.300. The van der Waals surface area contributed by atoms with Gasteiger partial charge in [0.15, 0.2) is 0 Å². The number of benzene rings is 1. The Kier molecular flexibility index (Phi) is 5.68. The van der Waals surface area contributed by atoms with Gasteiger partial charge < -0.3 is 4.74 Å². The van der Waals surface area contributed by atoms with E-state index in [0.29, 0.717) is 35.9 Å². The van der Waals surface area contributed by atoms with Crippen molar-refractivity contribution >= 4 is 33.2 Å². The van der Waals surface area contributed by atoms with E-state index in [0.717, 1.165) is 0 Å². The molecule has 0 amide bonds. The Morgan fingerprint density at radius 3 is 2.85 bits per heavy atom. The average Bonchev–Trinajstić information content (AvgIpc) is 2.64. The lowest BCUT2D eigenvalue weighted by Crippen LogP contribution is -2.44. The van der Waals surface area contributed by atoms with E-state index in [4.69, 9.17) is 33.2 Å². The summed E-state index contributed by atoms with van der Waals surface area (Å²) in [4.78, 5) is 4.06. The van der Waals surface area contributed by atoms with Gasteiger partial charge in [0.25, 0.3) is 0 Å². The lowest BCUT2D eigenvalue weighted by Gasteiger charge is -2.32. The van der Waals surface area contributed by atoms with Crippen LogP contribution in [0.25, 0.3) is 0 Å². The van der Waals surface area contributed by atoms with Gasteiger partial charge in [0, 0.05) is 23.8 Å². The molecule has 136 valence electrons. The predicted molar refractivity (Wildman–Crippen MR) is 97.8 cm³/mol. The monoisotopic (exact) mass is 411 g/mol. The smallest absolute Gasteiger partial charge is 0.244 e. The minimum absolute atomic E-state index is 0.0167. The molecule has 0 spiro atoms. The lowest BCUT2D eigenvalue weighted by molar-refractivity contribution is 0.124.